The average molecular weight is 1740 g/mol. The number of aromatic nitrogens is 14. The lowest BCUT2D eigenvalue weighted by Gasteiger charge is -2.13. The Bertz CT molecular complexity index is 9040. The number of nitrogens with zero attached hydrogens (tertiary/aromatic N) is 14. The summed E-state index contributed by atoms with van der Waals surface area (Å²) in [5.41, 5.74) is 36.9. The van der Waals surface area contributed by atoms with Crippen LogP contribution in [0.4, 0.5) is 0 Å². The quantitative estimate of drug-likeness (QED) is 0.132. The van der Waals surface area contributed by atoms with Crippen LogP contribution in [0.3, 0.4) is 0 Å². The van der Waals surface area contributed by atoms with Gasteiger partial charge in [0.15, 0.2) is 0 Å². The lowest BCUT2D eigenvalue weighted by Crippen LogP contribution is -1.99. The molecule has 0 aliphatic heterocycles. The average Bonchev–Trinajstić information content (AvgIpc) is 1.57. The molecule has 0 amide bonds. The Morgan fingerprint density at radius 1 is 0.147 bits per heavy atom. The van der Waals surface area contributed by atoms with E-state index in [0.717, 1.165) is 254 Å². The third-order valence-electron chi connectivity index (χ3n) is 27.0. The van der Waals surface area contributed by atoms with Crippen molar-refractivity contribution in [2.45, 2.75) is 0 Å². The molecule has 14 heteroatoms. The van der Waals surface area contributed by atoms with Crippen molar-refractivity contribution >= 4 is 175 Å². The summed E-state index contributed by atoms with van der Waals surface area (Å²) >= 11 is 0. The highest BCUT2D eigenvalue weighted by molar-refractivity contribution is 6.24. The molecule has 0 bridgehead atoms. The van der Waals surface area contributed by atoms with Crippen LogP contribution in [0.25, 0.3) is 254 Å². The van der Waals surface area contributed by atoms with Crippen molar-refractivity contribution in [1.82, 2.24) is 67.3 Å². The van der Waals surface area contributed by atoms with Crippen molar-refractivity contribution in [2.75, 3.05) is 0 Å². The van der Waals surface area contributed by atoms with Crippen LogP contribution in [-0.2, 0) is 0 Å². The summed E-state index contributed by atoms with van der Waals surface area (Å²) < 4.78 is 14.1. The van der Waals surface area contributed by atoms with Gasteiger partial charge in [-0.3, -0.25) is 29.9 Å². The normalized spacial score (nSPS) is 11.8. The molecule has 29 aromatic rings. The fraction of sp³-hybridized carbons (Fsp3) is 0. The number of benzene rings is 15. The van der Waals surface area contributed by atoms with Crippen molar-refractivity contribution in [1.29, 1.82) is 0 Å². The standard InChI is InChI=1S/C48H28N6.C40H26N4.C34H22N4/c1-5-13-41-33(9-1)45-37(25-49-41)38-26-50-42-14-6-2-10-34(42)46(38)53(45)31-21-17-29(18-22-31)30-19-23-32(24-20-30)54-47-35-11-3-7-15-43(35)51-27-39(47)40-28-52-44-16-8-4-12-36(44)48(40)54;1-3-12-27(13-4-1)33-22-24-37-39(41-33)31-18-7-9-20-35(31)43(37)29-16-11-17-30(26-29)44-36-21-10-8-19-32(36)40-38(44)25-23-34(42-40)28-14-5-2-6-15-28;1-3-15-29-27(13-1)33-31(17-7-19-35-33)37(29)25-11-5-9-23(21-25)24-10-6-12-26(22-24)38-30-16-4-2-14-28(30)34-32(38)18-8-20-36-34/h1-28H;1-26H;1-22H. The van der Waals surface area contributed by atoms with Gasteiger partial charge < -0.3 is 27.4 Å². The summed E-state index contributed by atoms with van der Waals surface area (Å²) in [4.78, 5) is 39.1. The van der Waals surface area contributed by atoms with Gasteiger partial charge in [0.25, 0.3) is 0 Å². The van der Waals surface area contributed by atoms with E-state index in [4.69, 9.17) is 39.9 Å². The van der Waals surface area contributed by atoms with Crippen LogP contribution in [0.1, 0.15) is 0 Å². The van der Waals surface area contributed by atoms with Gasteiger partial charge in [-0.05, 0) is 186 Å². The molecule has 0 N–H and O–H groups in total. The first kappa shape index (κ1) is 77.3. The fourth-order valence-electron chi connectivity index (χ4n) is 20.9. The summed E-state index contributed by atoms with van der Waals surface area (Å²) in [5.74, 6) is 0. The minimum Gasteiger partial charge on any atom is -0.308 e. The maximum Gasteiger partial charge on any atom is 0.0970 e. The number of hydrogen-bond donors (Lipinski definition) is 0. The first-order chi connectivity index (χ1) is 67.5. The molecule has 29 rings (SSSR count). The van der Waals surface area contributed by atoms with Gasteiger partial charge in [0.1, 0.15) is 0 Å². The van der Waals surface area contributed by atoms with Crippen LogP contribution in [-0.4, -0.2) is 67.3 Å². The molecule has 0 saturated carbocycles. The van der Waals surface area contributed by atoms with Crippen molar-refractivity contribution in [3.63, 3.8) is 0 Å². The summed E-state index contributed by atoms with van der Waals surface area (Å²) in [6.45, 7) is 0. The van der Waals surface area contributed by atoms with E-state index in [2.05, 4.69) is 404 Å². The van der Waals surface area contributed by atoms with Crippen LogP contribution >= 0.6 is 0 Å². The summed E-state index contributed by atoms with van der Waals surface area (Å²) in [7, 11) is 0. The summed E-state index contributed by atoms with van der Waals surface area (Å²) in [6.07, 6.45) is 11.7. The Morgan fingerprint density at radius 2 is 0.419 bits per heavy atom. The van der Waals surface area contributed by atoms with Crippen molar-refractivity contribution < 1.29 is 0 Å². The van der Waals surface area contributed by atoms with Gasteiger partial charge in [0.05, 0.1) is 122 Å². The first-order valence-corrected chi connectivity index (χ1v) is 45.7. The zero-order valence-corrected chi connectivity index (χ0v) is 73.1. The second kappa shape index (κ2) is 31.6. The molecule has 136 heavy (non-hydrogen) atoms. The van der Waals surface area contributed by atoms with E-state index in [1.165, 1.54) is 0 Å². The first-order valence-electron chi connectivity index (χ1n) is 45.7. The van der Waals surface area contributed by atoms with Gasteiger partial charge in [0, 0.05) is 147 Å². The lowest BCUT2D eigenvalue weighted by molar-refractivity contribution is 1.13. The smallest absolute Gasteiger partial charge is 0.0970 e. The van der Waals surface area contributed by atoms with E-state index < -0.39 is 0 Å². The van der Waals surface area contributed by atoms with Crippen LogP contribution in [0, 0.1) is 0 Å². The second-order valence-electron chi connectivity index (χ2n) is 34.5. The van der Waals surface area contributed by atoms with Crippen molar-refractivity contribution in [3.05, 3.63) is 462 Å². The predicted molar refractivity (Wildman–Crippen MR) is 559 cm³/mol. The topological polar surface area (TPSA) is 133 Å². The van der Waals surface area contributed by atoms with Gasteiger partial charge in [-0.1, -0.05) is 261 Å². The minimum atomic E-state index is 0.972. The van der Waals surface area contributed by atoms with E-state index in [1.54, 1.807) is 0 Å². The molecule has 0 aliphatic rings. The molecule has 0 unspecified atom stereocenters. The van der Waals surface area contributed by atoms with Gasteiger partial charge in [-0.15, -0.1) is 0 Å². The van der Waals surface area contributed by atoms with E-state index >= 15 is 0 Å². The van der Waals surface area contributed by atoms with E-state index in [-0.39, 0.29) is 0 Å². The molecule has 15 aromatic carbocycles. The highest BCUT2D eigenvalue weighted by Crippen LogP contribution is 2.45. The molecule has 0 aliphatic carbocycles. The Labute approximate surface area is 777 Å². The zero-order chi connectivity index (χ0) is 89.4. The minimum absolute atomic E-state index is 0.972. The van der Waals surface area contributed by atoms with Gasteiger partial charge in [-0.25, -0.2) is 9.97 Å². The molecule has 0 radical (unpaired) electrons. The molecule has 14 nitrogen and oxygen atoms in total. The Hall–Kier alpha value is -18.7. The summed E-state index contributed by atoms with van der Waals surface area (Å²) in [6, 6.07) is 149. The molecular formula is C122H76N14. The molecule has 634 valence electrons. The van der Waals surface area contributed by atoms with Crippen LogP contribution < -0.4 is 0 Å². The zero-order valence-electron chi connectivity index (χ0n) is 73.1. The maximum atomic E-state index is 5.17. The monoisotopic (exact) mass is 1740 g/mol. The van der Waals surface area contributed by atoms with Gasteiger partial charge >= 0.3 is 0 Å². The maximum absolute atomic E-state index is 5.17. The molecule has 14 aromatic heterocycles. The molecular weight excluding hydrogens is 1660 g/mol. The third kappa shape index (κ3) is 12.5. The fourth-order valence-corrected chi connectivity index (χ4v) is 20.9. The molecule has 0 spiro atoms. The SMILES string of the molecule is c1cc(-c2cccc(-n3c4ccccc4c4ncccc43)c2)cc(-n2c3ccccc3c3ncccc32)c1.c1ccc(-c2ccc3c(n2)c2ccccc2n3-c2cccc(-n3c4ccccc4c4nc(-c5ccccc5)ccc43)c2)cc1.c1ccc2c(c1)ncc1c3cnc4ccccc4c3n(-c3ccc(-c4ccc(-n5c6c7ccccc7ncc6c6cnc7ccccc7c65)cc4)cc3)c21. The largest absolute Gasteiger partial charge is 0.308 e. The Kier molecular flexibility index (Phi) is 18.0. The number of fused-ring (bicyclic) bond motifs is 26. The van der Waals surface area contributed by atoms with Crippen molar-refractivity contribution in [2.24, 2.45) is 0 Å². The van der Waals surface area contributed by atoms with E-state index in [1.807, 2.05) is 85.7 Å². The van der Waals surface area contributed by atoms with E-state index in [9.17, 15) is 0 Å². The highest BCUT2D eigenvalue weighted by Gasteiger charge is 2.25. The van der Waals surface area contributed by atoms with Gasteiger partial charge in [0.2, 0.25) is 0 Å². The van der Waals surface area contributed by atoms with Crippen molar-refractivity contribution in [3.8, 4) is 78.9 Å². The van der Waals surface area contributed by atoms with Crippen LogP contribution in [0.15, 0.2) is 462 Å². The highest BCUT2D eigenvalue weighted by atomic mass is 15.1. The third-order valence-corrected chi connectivity index (χ3v) is 27.0. The molecule has 0 fully saturated rings. The number of hydrogen-bond acceptors (Lipinski definition) is 8. The van der Waals surface area contributed by atoms with Crippen LogP contribution in [0.5, 0.6) is 0 Å². The van der Waals surface area contributed by atoms with Gasteiger partial charge in [-0.2, -0.15) is 0 Å². The lowest BCUT2D eigenvalue weighted by atomic mass is 10.0. The molecule has 0 atom stereocenters. The van der Waals surface area contributed by atoms with E-state index in [0.29, 0.717) is 0 Å². The van der Waals surface area contributed by atoms with Crippen LogP contribution in [0.2, 0.25) is 0 Å². The molecule has 0 saturated heterocycles. The summed E-state index contributed by atoms with van der Waals surface area (Å²) in [5, 5.41) is 13.5. The number of para-hydroxylation sites is 8. The Morgan fingerprint density at radius 3 is 0.765 bits per heavy atom. The predicted octanol–water partition coefficient (Wildman–Crippen LogP) is 30.1. The Balaban J connectivity index is 0.000000105. The number of pyridine rings is 8. The second-order valence-corrected chi connectivity index (χ2v) is 34.5. The molecule has 14 heterocycles. The number of rotatable bonds is 10.